The summed E-state index contributed by atoms with van der Waals surface area (Å²) in [6.45, 7) is 6.50. The molecule has 0 aromatic carbocycles. The molecule has 1 heteroatoms. The quantitative estimate of drug-likeness (QED) is 0.416. The van der Waals surface area contributed by atoms with Crippen LogP contribution in [0.5, 0.6) is 0 Å². The Bertz CT molecular complexity index is 91.1. The van der Waals surface area contributed by atoms with Crippen LogP contribution in [0.15, 0.2) is 30.9 Å². The third-order valence-electron chi connectivity index (χ3n) is 0.586. The zero-order chi connectivity index (χ0) is 6.24. The molecule has 0 N–H and O–H groups in total. The molecule has 0 fully saturated rings. The molecule has 0 aromatic rings. The Kier molecular flexibility index (Phi) is 13.7. The molecule has 0 saturated carbocycles. The Morgan fingerprint density at radius 2 is 2.22 bits per heavy atom. The fraction of sp³-hybridized carbons (Fsp3) is 0.125. The second kappa shape index (κ2) is 10.7. The first-order valence-corrected chi connectivity index (χ1v) is 2.53. The van der Waals surface area contributed by atoms with Gasteiger partial charge in [0.2, 0.25) is 0 Å². The van der Waals surface area contributed by atoms with Crippen LogP contribution in [0, 0.1) is 13.0 Å². The topological polar surface area (TPSA) is 0 Å². The van der Waals surface area contributed by atoms with Crippen molar-refractivity contribution in [3.05, 3.63) is 43.9 Å². The second-order valence-electron chi connectivity index (χ2n) is 1.29. The van der Waals surface area contributed by atoms with Gasteiger partial charge < -0.3 is 0 Å². The van der Waals surface area contributed by atoms with Crippen molar-refractivity contribution in [2.75, 3.05) is 0 Å². The Balaban J connectivity index is 0. The fourth-order valence-corrected chi connectivity index (χ4v) is 0.340. The van der Waals surface area contributed by atoms with Crippen molar-refractivity contribution in [1.29, 1.82) is 0 Å². The van der Waals surface area contributed by atoms with E-state index in [0.717, 1.165) is 6.42 Å². The summed E-state index contributed by atoms with van der Waals surface area (Å²) in [5.74, 6) is 0. The van der Waals surface area contributed by atoms with E-state index in [1.165, 1.54) is 6.08 Å². The normalized spacial score (nSPS) is 11.1. The summed E-state index contributed by atoms with van der Waals surface area (Å²) in [5, 5.41) is 0. The second-order valence-corrected chi connectivity index (χ2v) is 1.29. The van der Waals surface area contributed by atoms with Crippen LogP contribution in [0.3, 0.4) is 0 Å². The molecule has 0 heterocycles. The molecule has 0 radical (unpaired) electrons. The Morgan fingerprint density at radius 3 is 2.33 bits per heavy atom. The van der Waals surface area contributed by atoms with Crippen LogP contribution in [0.25, 0.3) is 0 Å². The van der Waals surface area contributed by atoms with Gasteiger partial charge in [-0.05, 0) is 0 Å². The zero-order valence-corrected chi connectivity index (χ0v) is 7.89. The third-order valence-corrected chi connectivity index (χ3v) is 0.586. The molecule has 9 heavy (non-hydrogen) atoms. The van der Waals surface area contributed by atoms with Gasteiger partial charge in [-0.2, -0.15) is 6.08 Å². The van der Waals surface area contributed by atoms with E-state index in [1.54, 1.807) is 0 Å². The summed E-state index contributed by atoms with van der Waals surface area (Å²) in [5.41, 5.74) is 0. The standard InChI is InChI=1S/C5H5.C3H5.Mo.2H/c1-2-4-5-3-1;1-3-2;;;/h1-3H,4H2;3H,1-2H2;;;/q2*-1;;;. The van der Waals surface area contributed by atoms with Crippen LogP contribution in [-0.4, -0.2) is 0 Å². The molecule has 0 aliphatic heterocycles. The van der Waals surface area contributed by atoms with Gasteiger partial charge in [-0.15, -0.1) is 6.42 Å². The first kappa shape index (κ1) is 11.6. The van der Waals surface area contributed by atoms with Crippen molar-refractivity contribution in [2.24, 2.45) is 0 Å². The number of hydrogen-bond donors (Lipinski definition) is 0. The molecule has 1 aliphatic rings. The number of rotatable bonds is 0. The molecule has 52 valence electrons. The molecule has 0 amide bonds. The summed E-state index contributed by atoms with van der Waals surface area (Å²) in [6.07, 6.45) is 11.5. The van der Waals surface area contributed by atoms with E-state index >= 15 is 0 Å². The van der Waals surface area contributed by atoms with Gasteiger partial charge >= 0.3 is 21.1 Å². The van der Waals surface area contributed by atoms with E-state index in [9.17, 15) is 0 Å². The zero-order valence-electron chi connectivity index (χ0n) is 5.43. The van der Waals surface area contributed by atoms with Crippen LogP contribution in [0.1, 0.15) is 6.42 Å². The van der Waals surface area contributed by atoms with E-state index in [4.69, 9.17) is 0 Å². The average molecular weight is 204 g/mol. The maximum absolute atomic E-state index is 3.25. The van der Waals surface area contributed by atoms with Crippen molar-refractivity contribution in [3.63, 3.8) is 0 Å². The van der Waals surface area contributed by atoms with E-state index in [-0.39, 0.29) is 21.1 Å². The van der Waals surface area contributed by atoms with Gasteiger partial charge in [0.25, 0.3) is 0 Å². The molecular formula is C8H12Mo-2. The molecule has 0 bridgehead atoms. The molecule has 1 rings (SSSR count). The van der Waals surface area contributed by atoms with Crippen molar-refractivity contribution in [2.45, 2.75) is 6.42 Å². The van der Waals surface area contributed by atoms with Crippen LogP contribution in [0.2, 0.25) is 0 Å². The molecular weight excluding hydrogens is 192 g/mol. The summed E-state index contributed by atoms with van der Waals surface area (Å²) in [4.78, 5) is 0. The molecule has 0 aromatic heterocycles. The Morgan fingerprint density at radius 1 is 1.67 bits per heavy atom. The van der Waals surface area contributed by atoms with E-state index < -0.39 is 0 Å². The average Bonchev–Trinajstić information content (AvgIpc) is 2.17. The summed E-state index contributed by atoms with van der Waals surface area (Å²) in [7, 11) is 0. The van der Waals surface area contributed by atoms with Gasteiger partial charge in [-0.3, -0.25) is 6.08 Å². The van der Waals surface area contributed by atoms with E-state index in [2.05, 4.69) is 25.7 Å². The summed E-state index contributed by atoms with van der Waals surface area (Å²) < 4.78 is 0. The van der Waals surface area contributed by atoms with Crippen molar-refractivity contribution >= 4 is 0 Å². The molecule has 0 nitrogen and oxygen atoms in total. The van der Waals surface area contributed by atoms with E-state index in [1.807, 2.05) is 12.2 Å². The predicted molar refractivity (Wildman–Crippen MR) is 39.9 cm³/mol. The van der Waals surface area contributed by atoms with Crippen molar-refractivity contribution < 1.29 is 21.1 Å². The molecule has 1 aliphatic carbocycles. The van der Waals surface area contributed by atoms with Crippen LogP contribution >= 0.6 is 0 Å². The van der Waals surface area contributed by atoms with Gasteiger partial charge in [-0.25, -0.2) is 31.7 Å². The minimum absolute atomic E-state index is 0. The van der Waals surface area contributed by atoms with Gasteiger partial charge in [0.1, 0.15) is 0 Å². The van der Waals surface area contributed by atoms with Crippen molar-refractivity contribution in [1.82, 2.24) is 0 Å². The molecule has 0 saturated heterocycles. The molecule has 0 atom stereocenters. The van der Waals surface area contributed by atoms with Crippen LogP contribution < -0.4 is 0 Å². The van der Waals surface area contributed by atoms with Gasteiger partial charge in [0.05, 0.1) is 0 Å². The Hall–Kier alpha value is -0.222. The summed E-state index contributed by atoms with van der Waals surface area (Å²) in [6, 6.07) is 0. The van der Waals surface area contributed by atoms with Crippen LogP contribution in [0.4, 0.5) is 0 Å². The molecule has 0 unspecified atom stereocenters. The first-order chi connectivity index (χ1) is 3.91. The summed E-state index contributed by atoms with van der Waals surface area (Å²) >= 11 is 0. The maximum atomic E-state index is 3.25. The third kappa shape index (κ3) is 11.4. The number of hydrogen-bond acceptors (Lipinski definition) is 0. The van der Waals surface area contributed by atoms with Gasteiger partial charge in [0, 0.05) is 0 Å². The fourth-order valence-electron chi connectivity index (χ4n) is 0.340. The predicted octanol–water partition coefficient (Wildman–Crippen LogP) is 1.77. The Labute approximate surface area is 71.6 Å². The van der Waals surface area contributed by atoms with Gasteiger partial charge in [0.15, 0.2) is 0 Å². The molecule has 0 spiro atoms. The minimum atomic E-state index is 0. The first-order valence-electron chi connectivity index (χ1n) is 2.53. The SMILES string of the molecule is C=C[CH2-].[C-]1=CC=CC1.[MoH2]. The number of allylic oxidation sites excluding steroid dienone is 5. The van der Waals surface area contributed by atoms with Crippen molar-refractivity contribution in [3.8, 4) is 0 Å². The van der Waals surface area contributed by atoms with Gasteiger partial charge in [-0.1, -0.05) is 0 Å². The monoisotopic (exact) mass is 206 g/mol. The van der Waals surface area contributed by atoms with Crippen LogP contribution in [-0.2, 0) is 21.1 Å². The van der Waals surface area contributed by atoms with E-state index in [0.29, 0.717) is 0 Å².